The lowest BCUT2D eigenvalue weighted by Crippen LogP contribution is -2.06. The van der Waals surface area contributed by atoms with Crippen molar-refractivity contribution in [2.75, 3.05) is 19.5 Å². The van der Waals surface area contributed by atoms with Gasteiger partial charge in [-0.3, -0.25) is 4.98 Å². The lowest BCUT2D eigenvalue weighted by Gasteiger charge is -2.14. The number of aromatic nitrogens is 2. The molecule has 3 rings (SSSR count). The van der Waals surface area contributed by atoms with E-state index in [0.29, 0.717) is 22.0 Å². The fraction of sp³-hybridized carbons (Fsp3) is 0.105. The highest BCUT2D eigenvalue weighted by atomic mass is 35.5. The van der Waals surface area contributed by atoms with Gasteiger partial charge in [0, 0.05) is 28.5 Å². The molecule has 0 saturated heterocycles. The summed E-state index contributed by atoms with van der Waals surface area (Å²) in [4.78, 5) is 20.0. The van der Waals surface area contributed by atoms with E-state index in [2.05, 4.69) is 15.3 Å². The van der Waals surface area contributed by atoms with Crippen LogP contribution in [-0.2, 0) is 4.74 Å². The Morgan fingerprint density at radius 1 is 1.15 bits per heavy atom. The molecule has 8 heteroatoms. The number of nitrogens with zero attached hydrogens (tertiary/aromatic N) is 2. The Morgan fingerprint density at radius 3 is 2.70 bits per heavy atom. The summed E-state index contributed by atoms with van der Waals surface area (Å²) in [5.41, 5.74) is 1.91. The highest BCUT2D eigenvalue weighted by Gasteiger charge is 2.16. The Balaban J connectivity index is 2.05. The van der Waals surface area contributed by atoms with Crippen molar-refractivity contribution >= 4 is 28.9 Å². The summed E-state index contributed by atoms with van der Waals surface area (Å²) in [6, 6.07) is 7.50. The largest absolute Gasteiger partial charge is 0.481 e. The molecule has 1 aromatic carbocycles. The first-order valence-electron chi connectivity index (χ1n) is 7.82. The van der Waals surface area contributed by atoms with Crippen LogP contribution in [0.2, 0.25) is 5.02 Å². The van der Waals surface area contributed by atoms with Crippen LogP contribution in [0.15, 0.2) is 48.9 Å². The third-order valence-corrected chi connectivity index (χ3v) is 4.00. The van der Waals surface area contributed by atoms with Gasteiger partial charge in [0.1, 0.15) is 11.4 Å². The van der Waals surface area contributed by atoms with Gasteiger partial charge in [-0.15, -0.1) is 0 Å². The van der Waals surface area contributed by atoms with E-state index in [1.54, 1.807) is 12.1 Å². The number of carbonyl (C=O) groups is 1. The van der Waals surface area contributed by atoms with Crippen LogP contribution in [-0.4, -0.2) is 30.2 Å². The third kappa shape index (κ3) is 3.98. The van der Waals surface area contributed by atoms with Gasteiger partial charge in [0.2, 0.25) is 5.88 Å². The SMILES string of the molecule is COC(=O)c1cnccc1Nc1cnc(OC)c(-c2cc(Cl)ccc2F)c1. The first kappa shape index (κ1) is 18.6. The third-order valence-electron chi connectivity index (χ3n) is 3.77. The zero-order chi connectivity index (χ0) is 19.4. The molecule has 0 aliphatic rings. The van der Waals surface area contributed by atoms with Crippen molar-refractivity contribution < 1.29 is 18.7 Å². The van der Waals surface area contributed by atoms with Crippen LogP contribution in [0.3, 0.4) is 0 Å². The van der Waals surface area contributed by atoms with E-state index in [0.717, 1.165) is 0 Å². The molecule has 0 radical (unpaired) electrons. The van der Waals surface area contributed by atoms with Gasteiger partial charge in [0.05, 0.1) is 31.8 Å². The molecule has 0 fully saturated rings. The normalized spacial score (nSPS) is 10.4. The Morgan fingerprint density at radius 2 is 1.96 bits per heavy atom. The molecular weight excluding hydrogens is 373 g/mol. The molecule has 3 aromatic rings. The number of carbonyl (C=O) groups excluding carboxylic acids is 1. The molecule has 0 unspecified atom stereocenters. The average Bonchev–Trinajstić information content (AvgIpc) is 2.69. The Kier molecular flexibility index (Phi) is 5.52. The molecule has 2 heterocycles. The predicted molar refractivity (Wildman–Crippen MR) is 100 cm³/mol. The van der Waals surface area contributed by atoms with Crippen molar-refractivity contribution in [2.45, 2.75) is 0 Å². The smallest absolute Gasteiger partial charge is 0.341 e. The molecule has 1 N–H and O–H groups in total. The van der Waals surface area contributed by atoms with Crippen LogP contribution >= 0.6 is 11.6 Å². The molecular formula is C19H15ClFN3O3. The second-order valence-electron chi connectivity index (χ2n) is 5.44. The number of rotatable bonds is 5. The van der Waals surface area contributed by atoms with E-state index in [9.17, 15) is 9.18 Å². The second-order valence-corrected chi connectivity index (χ2v) is 5.88. The van der Waals surface area contributed by atoms with Crippen LogP contribution in [0.25, 0.3) is 11.1 Å². The first-order chi connectivity index (χ1) is 13.0. The number of methoxy groups -OCH3 is 2. The number of esters is 1. The number of nitrogens with one attached hydrogen (secondary N) is 1. The number of anilines is 2. The van der Waals surface area contributed by atoms with Gasteiger partial charge in [-0.2, -0.15) is 0 Å². The highest BCUT2D eigenvalue weighted by Crippen LogP contribution is 2.34. The molecule has 0 aliphatic carbocycles. The van der Waals surface area contributed by atoms with Gasteiger partial charge < -0.3 is 14.8 Å². The van der Waals surface area contributed by atoms with Crippen molar-refractivity contribution in [1.29, 1.82) is 0 Å². The summed E-state index contributed by atoms with van der Waals surface area (Å²) in [6.07, 6.45) is 4.43. The average molecular weight is 388 g/mol. The maximum absolute atomic E-state index is 14.3. The van der Waals surface area contributed by atoms with E-state index in [-0.39, 0.29) is 17.0 Å². The van der Waals surface area contributed by atoms with Crippen molar-refractivity contribution in [3.63, 3.8) is 0 Å². The van der Waals surface area contributed by atoms with Gasteiger partial charge in [-0.05, 0) is 30.3 Å². The fourth-order valence-electron chi connectivity index (χ4n) is 2.51. The summed E-state index contributed by atoms with van der Waals surface area (Å²) < 4.78 is 24.3. The summed E-state index contributed by atoms with van der Waals surface area (Å²) in [7, 11) is 2.73. The zero-order valence-electron chi connectivity index (χ0n) is 14.5. The summed E-state index contributed by atoms with van der Waals surface area (Å²) in [6.45, 7) is 0. The molecule has 27 heavy (non-hydrogen) atoms. The van der Waals surface area contributed by atoms with E-state index in [1.807, 2.05) is 0 Å². The van der Waals surface area contributed by atoms with E-state index in [1.165, 1.54) is 51.0 Å². The number of benzene rings is 1. The fourth-order valence-corrected chi connectivity index (χ4v) is 2.68. The molecule has 138 valence electrons. The second kappa shape index (κ2) is 8.01. The molecule has 0 bridgehead atoms. The standard InChI is InChI=1S/C19H15ClFN3O3/c1-26-18-14(13-7-11(20)3-4-16(13)21)8-12(9-23-18)24-17-5-6-22-10-15(17)19(25)27-2/h3-10H,1-2H3,(H,22,24). The lowest BCUT2D eigenvalue weighted by molar-refractivity contribution is 0.0601. The number of ether oxygens (including phenoxy) is 2. The molecule has 0 atom stereocenters. The first-order valence-corrected chi connectivity index (χ1v) is 8.20. The quantitative estimate of drug-likeness (QED) is 0.651. The van der Waals surface area contributed by atoms with Gasteiger partial charge in [-0.1, -0.05) is 11.6 Å². The lowest BCUT2D eigenvalue weighted by atomic mass is 10.1. The van der Waals surface area contributed by atoms with Crippen LogP contribution in [0, 0.1) is 5.82 Å². The number of pyridine rings is 2. The molecule has 2 aromatic heterocycles. The molecule has 0 amide bonds. The minimum Gasteiger partial charge on any atom is -0.481 e. The predicted octanol–water partition coefficient (Wildman–Crippen LogP) is 4.47. The topological polar surface area (TPSA) is 73.3 Å². The van der Waals surface area contributed by atoms with Gasteiger partial charge in [0.15, 0.2) is 0 Å². The zero-order valence-corrected chi connectivity index (χ0v) is 15.2. The van der Waals surface area contributed by atoms with E-state index < -0.39 is 11.8 Å². The van der Waals surface area contributed by atoms with Crippen LogP contribution in [0.5, 0.6) is 5.88 Å². The summed E-state index contributed by atoms with van der Waals surface area (Å²) >= 11 is 6.00. The summed E-state index contributed by atoms with van der Waals surface area (Å²) in [5, 5.41) is 3.45. The number of hydrogen-bond donors (Lipinski definition) is 1. The molecule has 0 saturated carbocycles. The Hall–Kier alpha value is -3.19. The molecule has 6 nitrogen and oxygen atoms in total. The van der Waals surface area contributed by atoms with Crippen molar-refractivity contribution in [3.8, 4) is 17.0 Å². The number of hydrogen-bond acceptors (Lipinski definition) is 6. The monoisotopic (exact) mass is 387 g/mol. The van der Waals surface area contributed by atoms with Gasteiger partial charge >= 0.3 is 5.97 Å². The minimum absolute atomic E-state index is 0.240. The number of halogens is 2. The van der Waals surface area contributed by atoms with Crippen LogP contribution in [0.1, 0.15) is 10.4 Å². The maximum atomic E-state index is 14.3. The Labute approximate surface area is 159 Å². The van der Waals surface area contributed by atoms with E-state index in [4.69, 9.17) is 21.1 Å². The van der Waals surface area contributed by atoms with Crippen molar-refractivity contribution in [1.82, 2.24) is 9.97 Å². The van der Waals surface area contributed by atoms with Gasteiger partial charge in [-0.25, -0.2) is 14.2 Å². The Bertz CT molecular complexity index is 998. The van der Waals surface area contributed by atoms with Crippen LogP contribution < -0.4 is 10.1 Å². The molecule has 0 aliphatic heterocycles. The summed E-state index contributed by atoms with van der Waals surface area (Å²) in [5.74, 6) is -0.756. The van der Waals surface area contributed by atoms with Crippen molar-refractivity contribution in [3.05, 3.63) is 65.3 Å². The minimum atomic E-state index is -0.534. The molecule has 0 spiro atoms. The van der Waals surface area contributed by atoms with Crippen LogP contribution in [0.4, 0.5) is 15.8 Å². The maximum Gasteiger partial charge on any atom is 0.341 e. The highest BCUT2D eigenvalue weighted by molar-refractivity contribution is 6.30. The van der Waals surface area contributed by atoms with E-state index >= 15 is 0 Å². The van der Waals surface area contributed by atoms with Crippen molar-refractivity contribution in [2.24, 2.45) is 0 Å². The van der Waals surface area contributed by atoms with Gasteiger partial charge in [0.25, 0.3) is 0 Å².